The summed E-state index contributed by atoms with van der Waals surface area (Å²) in [4.78, 5) is 14.6. The summed E-state index contributed by atoms with van der Waals surface area (Å²) in [6.45, 7) is 3.96. The largest absolute Gasteiger partial charge is 0.417 e. The molecule has 1 heterocycles. The highest BCUT2D eigenvalue weighted by atomic mass is 32.2. The van der Waals surface area contributed by atoms with Gasteiger partial charge >= 0.3 is 6.18 Å². The number of sulfonamides is 1. The SMILES string of the molecule is CCN(CC)S(=O)(=O)c1ccc2[nH]c(-c3ccccc3C(F)(F)F)c(C=O)c2c1. The average molecular weight is 424 g/mol. The Morgan fingerprint density at radius 3 is 2.31 bits per heavy atom. The van der Waals surface area contributed by atoms with Crippen molar-refractivity contribution in [1.82, 2.24) is 9.29 Å². The average Bonchev–Trinajstić information content (AvgIpc) is 3.05. The highest BCUT2D eigenvalue weighted by Gasteiger charge is 2.34. The molecule has 0 aliphatic carbocycles. The van der Waals surface area contributed by atoms with E-state index in [-0.39, 0.29) is 40.2 Å². The quantitative estimate of drug-likeness (QED) is 0.584. The molecule has 154 valence electrons. The van der Waals surface area contributed by atoms with Crippen LogP contribution in [-0.2, 0) is 16.2 Å². The summed E-state index contributed by atoms with van der Waals surface area (Å²) in [6.07, 6.45) is -4.17. The minimum atomic E-state index is -4.61. The molecule has 29 heavy (non-hydrogen) atoms. The van der Waals surface area contributed by atoms with Gasteiger partial charge in [-0.3, -0.25) is 4.79 Å². The van der Waals surface area contributed by atoms with Crippen LogP contribution in [0.2, 0.25) is 0 Å². The maximum atomic E-state index is 13.4. The number of halogens is 3. The first-order valence-electron chi connectivity index (χ1n) is 8.92. The molecule has 0 saturated heterocycles. The second-order valence-electron chi connectivity index (χ2n) is 6.37. The van der Waals surface area contributed by atoms with Crippen LogP contribution in [0.25, 0.3) is 22.2 Å². The monoisotopic (exact) mass is 424 g/mol. The molecule has 0 radical (unpaired) electrons. The summed E-state index contributed by atoms with van der Waals surface area (Å²) in [7, 11) is -3.78. The number of nitrogens with one attached hydrogen (secondary N) is 1. The van der Waals surface area contributed by atoms with Crippen molar-refractivity contribution in [3.05, 3.63) is 53.6 Å². The van der Waals surface area contributed by atoms with E-state index in [9.17, 15) is 26.4 Å². The van der Waals surface area contributed by atoms with Gasteiger partial charge in [-0.25, -0.2) is 8.42 Å². The lowest BCUT2D eigenvalue weighted by molar-refractivity contribution is -0.137. The second-order valence-corrected chi connectivity index (χ2v) is 8.31. The van der Waals surface area contributed by atoms with Crippen molar-refractivity contribution >= 4 is 27.2 Å². The minimum Gasteiger partial charge on any atom is -0.354 e. The van der Waals surface area contributed by atoms with Crippen LogP contribution < -0.4 is 0 Å². The van der Waals surface area contributed by atoms with E-state index in [0.717, 1.165) is 6.07 Å². The summed E-state index contributed by atoms with van der Waals surface area (Å²) in [6, 6.07) is 9.08. The number of H-pyrrole nitrogens is 1. The Bertz CT molecular complexity index is 1160. The number of hydrogen-bond acceptors (Lipinski definition) is 3. The maximum absolute atomic E-state index is 13.4. The van der Waals surface area contributed by atoms with Crippen LogP contribution in [0.3, 0.4) is 0 Å². The zero-order valence-electron chi connectivity index (χ0n) is 15.7. The summed E-state index contributed by atoms with van der Waals surface area (Å²) in [5, 5.41) is 0.250. The summed E-state index contributed by atoms with van der Waals surface area (Å²) in [5.41, 5.74) is -0.705. The van der Waals surface area contributed by atoms with Crippen LogP contribution in [0.5, 0.6) is 0 Å². The minimum absolute atomic E-state index is 0.000289. The third kappa shape index (κ3) is 3.67. The van der Waals surface area contributed by atoms with Crippen LogP contribution in [0, 0.1) is 0 Å². The highest BCUT2D eigenvalue weighted by Crippen LogP contribution is 2.39. The van der Waals surface area contributed by atoms with E-state index < -0.39 is 21.8 Å². The number of benzene rings is 2. The van der Waals surface area contributed by atoms with Crippen LogP contribution in [0.1, 0.15) is 29.8 Å². The van der Waals surface area contributed by atoms with Gasteiger partial charge in [-0.15, -0.1) is 0 Å². The molecule has 0 spiro atoms. The maximum Gasteiger partial charge on any atom is 0.417 e. The summed E-state index contributed by atoms with van der Waals surface area (Å²) in [5.74, 6) is 0. The molecule has 9 heteroatoms. The van der Waals surface area contributed by atoms with Gasteiger partial charge in [-0.2, -0.15) is 17.5 Å². The Morgan fingerprint density at radius 2 is 1.72 bits per heavy atom. The number of alkyl halides is 3. The number of aldehydes is 1. The van der Waals surface area contributed by atoms with E-state index in [1.54, 1.807) is 13.8 Å². The Morgan fingerprint density at radius 1 is 1.07 bits per heavy atom. The lowest BCUT2D eigenvalue weighted by Crippen LogP contribution is -2.30. The molecule has 0 amide bonds. The van der Waals surface area contributed by atoms with E-state index in [4.69, 9.17) is 0 Å². The lowest BCUT2D eigenvalue weighted by Gasteiger charge is -2.18. The molecule has 0 unspecified atom stereocenters. The zero-order chi connectivity index (χ0) is 21.4. The van der Waals surface area contributed by atoms with Gasteiger partial charge in [0.1, 0.15) is 0 Å². The molecular weight excluding hydrogens is 405 g/mol. The van der Waals surface area contributed by atoms with Crippen molar-refractivity contribution in [3.63, 3.8) is 0 Å². The van der Waals surface area contributed by atoms with Crippen molar-refractivity contribution < 1.29 is 26.4 Å². The predicted molar refractivity (Wildman–Crippen MR) is 104 cm³/mol. The molecule has 3 rings (SSSR count). The van der Waals surface area contributed by atoms with Crippen LogP contribution in [0.15, 0.2) is 47.4 Å². The van der Waals surface area contributed by atoms with Gasteiger partial charge < -0.3 is 4.98 Å². The number of carbonyl (C=O) groups is 1. The number of rotatable bonds is 6. The number of nitrogens with zero attached hydrogens (tertiary/aromatic N) is 1. The van der Waals surface area contributed by atoms with Crippen LogP contribution in [-0.4, -0.2) is 37.1 Å². The second kappa shape index (κ2) is 7.64. The smallest absolute Gasteiger partial charge is 0.354 e. The molecule has 0 atom stereocenters. The number of hydrogen-bond donors (Lipinski definition) is 1. The van der Waals surface area contributed by atoms with E-state index in [1.165, 1.54) is 40.7 Å². The van der Waals surface area contributed by atoms with Crippen molar-refractivity contribution in [1.29, 1.82) is 0 Å². The van der Waals surface area contributed by atoms with E-state index in [2.05, 4.69) is 4.98 Å². The van der Waals surface area contributed by atoms with Gasteiger partial charge in [0.25, 0.3) is 0 Å². The fraction of sp³-hybridized carbons (Fsp3) is 0.250. The third-order valence-corrected chi connectivity index (χ3v) is 6.82. The molecule has 0 saturated carbocycles. The van der Waals surface area contributed by atoms with Crippen molar-refractivity contribution in [3.8, 4) is 11.3 Å². The number of aromatic amines is 1. The van der Waals surface area contributed by atoms with Crippen molar-refractivity contribution in [2.75, 3.05) is 13.1 Å². The summed E-state index contributed by atoms with van der Waals surface area (Å²) >= 11 is 0. The Balaban J connectivity index is 2.26. The van der Waals surface area contributed by atoms with E-state index in [1.807, 2.05) is 0 Å². The normalized spacial score (nSPS) is 12.6. The number of aromatic nitrogens is 1. The van der Waals surface area contributed by atoms with Gasteiger partial charge in [0.15, 0.2) is 6.29 Å². The first-order chi connectivity index (χ1) is 13.6. The van der Waals surface area contributed by atoms with Gasteiger partial charge in [0.2, 0.25) is 10.0 Å². The number of fused-ring (bicyclic) bond motifs is 1. The molecular formula is C20H19F3N2O3S. The molecule has 0 fully saturated rings. The first kappa shape index (κ1) is 21.1. The molecule has 0 aliphatic heterocycles. The van der Waals surface area contributed by atoms with Crippen LogP contribution >= 0.6 is 0 Å². The Labute approximate surface area is 166 Å². The van der Waals surface area contributed by atoms with Crippen molar-refractivity contribution in [2.45, 2.75) is 24.9 Å². The molecule has 1 N–H and O–H groups in total. The fourth-order valence-electron chi connectivity index (χ4n) is 3.35. The Hall–Kier alpha value is -2.65. The first-order valence-corrected chi connectivity index (χ1v) is 10.4. The van der Waals surface area contributed by atoms with E-state index >= 15 is 0 Å². The Kier molecular flexibility index (Phi) is 5.55. The molecule has 5 nitrogen and oxygen atoms in total. The molecule has 1 aromatic heterocycles. The predicted octanol–water partition coefficient (Wildman–Crippen LogP) is 4.70. The van der Waals surface area contributed by atoms with E-state index in [0.29, 0.717) is 11.8 Å². The fourth-order valence-corrected chi connectivity index (χ4v) is 4.83. The highest BCUT2D eigenvalue weighted by molar-refractivity contribution is 7.89. The van der Waals surface area contributed by atoms with Gasteiger partial charge in [-0.1, -0.05) is 32.0 Å². The van der Waals surface area contributed by atoms with Gasteiger partial charge in [0, 0.05) is 35.1 Å². The topological polar surface area (TPSA) is 70.2 Å². The van der Waals surface area contributed by atoms with Crippen LogP contribution in [0.4, 0.5) is 13.2 Å². The number of carbonyl (C=O) groups excluding carboxylic acids is 1. The lowest BCUT2D eigenvalue weighted by atomic mass is 10.0. The standard InChI is InChI=1S/C20H19F3N2O3S/c1-3-25(4-2)29(27,28)13-9-10-18-15(11-13)16(12-26)19(24-18)14-7-5-6-8-17(14)20(21,22)23/h5-12,24H,3-4H2,1-2H3. The van der Waals surface area contributed by atoms with Crippen molar-refractivity contribution in [2.24, 2.45) is 0 Å². The zero-order valence-corrected chi connectivity index (χ0v) is 16.6. The van der Waals surface area contributed by atoms with Gasteiger partial charge in [-0.05, 0) is 24.3 Å². The third-order valence-electron chi connectivity index (χ3n) is 4.77. The summed E-state index contributed by atoms with van der Waals surface area (Å²) < 4.78 is 67.1. The molecule has 0 aliphatic rings. The molecule has 3 aromatic rings. The molecule has 2 aromatic carbocycles. The molecule has 0 bridgehead atoms. The van der Waals surface area contributed by atoms with Gasteiger partial charge in [0.05, 0.1) is 16.2 Å².